The SMILES string of the molecule is Cc1ccc(N)cc1-c1cc(OCCO)nc(N2CCOCC2)c1. The van der Waals surface area contributed by atoms with Crippen LogP contribution in [0.5, 0.6) is 5.88 Å². The van der Waals surface area contributed by atoms with Crippen LogP contribution in [-0.2, 0) is 4.74 Å². The van der Waals surface area contributed by atoms with E-state index in [2.05, 4.69) is 22.9 Å². The van der Waals surface area contributed by atoms with Gasteiger partial charge < -0.3 is 25.2 Å². The molecule has 0 aliphatic carbocycles. The molecule has 0 radical (unpaired) electrons. The molecule has 2 aromatic rings. The first kappa shape index (κ1) is 16.5. The number of morpholine rings is 1. The summed E-state index contributed by atoms with van der Waals surface area (Å²) in [5.74, 6) is 1.36. The molecule has 24 heavy (non-hydrogen) atoms. The Kier molecular flexibility index (Phi) is 5.17. The number of aromatic nitrogens is 1. The summed E-state index contributed by atoms with van der Waals surface area (Å²) in [6.45, 7) is 5.20. The lowest BCUT2D eigenvalue weighted by Gasteiger charge is -2.28. The first-order chi connectivity index (χ1) is 11.7. The van der Waals surface area contributed by atoms with Crippen LogP contribution in [0.1, 0.15) is 5.56 Å². The van der Waals surface area contributed by atoms with E-state index in [1.807, 2.05) is 24.3 Å². The molecule has 3 N–H and O–H groups in total. The van der Waals surface area contributed by atoms with Gasteiger partial charge in [-0.15, -0.1) is 0 Å². The van der Waals surface area contributed by atoms with Crippen LogP contribution in [0.4, 0.5) is 11.5 Å². The maximum atomic E-state index is 9.02. The quantitative estimate of drug-likeness (QED) is 0.815. The van der Waals surface area contributed by atoms with Crippen molar-refractivity contribution in [3.05, 3.63) is 35.9 Å². The van der Waals surface area contributed by atoms with E-state index in [9.17, 15) is 0 Å². The van der Waals surface area contributed by atoms with Crippen molar-refractivity contribution in [3.8, 4) is 17.0 Å². The minimum atomic E-state index is -0.0455. The Labute approximate surface area is 141 Å². The van der Waals surface area contributed by atoms with Crippen LogP contribution in [0.2, 0.25) is 0 Å². The van der Waals surface area contributed by atoms with Gasteiger partial charge in [-0.05, 0) is 41.8 Å². The Balaban J connectivity index is 2.01. The average Bonchev–Trinajstić information content (AvgIpc) is 2.62. The molecule has 0 spiro atoms. The van der Waals surface area contributed by atoms with Crippen LogP contribution in [0.15, 0.2) is 30.3 Å². The van der Waals surface area contributed by atoms with Crippen molar-refractivity contribution in [2.24, 2.45) is 0 Å². The maximum absolute atomic E-state index is 9.02. The van der Waals surface area contributed by atoms with Gasteiger partial charge in [0.15, 0.2) is 0 Å². The van der Waals surface area contributed by atoms with Crippen molar-refractivity contribution in [1.82, 2.24) is 4.98 Å². The number of pyridine rings is 1. The summed E-state index contributed by atoms with van der Waals surface area (Å²) in [6.07, 6.45) is 0. The molecule has 0 bridgehead atoms. The summed E-state index contributed by atoms with van der Waals surface area (Å²) in [6, 6.07) is 9.81. The van der Waals surface area contributed by atoms with Gasteiger partial charge in [0.05, 0.1) is 19.8 Å². The van der Waals surface area contributed by atoms with E-state index in [-0.39, 0.29) is 13.2 Å². The van der Waals surface area contributed by atoms with Crippen molar-refractivity contribution >= 4 is 11.5 Å². The highest BCUT2D eigenvalue weighted by Gasteiger charge is 2.16. The van der Waals surface area contributed by atoms with E-state index in [0.717, 1.165) is 41.3 Å². The van der Waals surface area contributed by atoms with Crippen molar-refractivity contribution in [2.75, 3.05) is 50.2 Å². The number of ether oxygens (including phenoxy) is 2. The van der Waals surface area contributed by atoms with Crippen LogP contribution in [0.25, 0.3) is 11.1 Å². The summed E-state index contributed by atoms with van der Waals surface area (Å²) in [5, 5.41) is 9.02. The lowest BCUT2D eigenvalue weighted by atomic mass is 10.0. The van der Waals surface area contributed by atoms with Gasteiger partial charge in [0.1, 0.15) is 12.4 Å². The molecule has 6 heteroatoms. The molecule has 0 saturated carbocycles. The number of nitrogens with zero attached hydrogens (tertiary/aromatic N) is 2. The monoisotopic (exact) mass is 329 g/mol. The smallest absolute Gasteiger partial charge is 0.215 e. The largest absolute Gasteiger partial charge is 0.475 e. The Hall–Kier alpha value is -2.31. The molecule has 1 aromatic carbocycles. The zero-order valence-electron chi connectivity index (χ0n) is 13.9. The average molecular weight is 329 g/mol. The number of hydrogen-bond acceptors (Lipinski definition) is 6. The van der Waals surface area contributed by atoms with E-state index in [1.54, 1.807) is 0 Å². The highest BCUT2D eigenvalue weighted by atomic mass is 16.5. The first-order valence-electron chi connectivity index (χ1n) is 8.12. The number of nitrogen functional groups attached to an aromatic ring is 1. The lowest BCUT2D eigenvalue weighted by molar-refractivity contribution is 0.122. The first-order valence-corrected chi connectivity index (χ1v) is 8.12. The maximum Gasteiger partial charge on any atom is 0.215 e. The Morgan fingerprint density at radius 1 is 1.25 bits per heavy atom. The molecule has 1 aliphatic heterocycles. The fourth-order valence-electron chi connectivity index (χ4n) is 2.78. The minimum absolute atomic E-state index is 0.0455. The normalized spacial score (nSPS) is 14.7. The molecular weight excluding hydrogens is 306 g/mol. The van der Waals surface area contributed by atoms with E-state index in [4.69, 9.17) is 20.3 Å². The third kappa shape index (κ3) is 3.77. The van der Waals surface area contributed by atoms with Gasteiger partial charge in [0.2, 0.25) is 5.88 Å². The van der Waals surface area contributed by atoms with E-state index < -0.39 is 0 Å². The van der Waals surface area contributed by atoms with Crippen LogP contribution in [0, 0.1) is 6.92 Å². The molecule has 0 amide bonds. The van der Waals surface area contributed by atoms with Crippen molar-refractivity contribution in [1.29, 1.82) is 0 Å². The number of aryl methyl sites for hydroxylation is 1. The van der Waals surface area contributed by atoms with Gasteiger partial charge in [-0.25, -0.2) is 0 Å². The van der Waals surface area contributed by atoms with Crippen molar-refractivity contribution in [3.63, 3.8) is 0 Å². The second kappa shape index (κ2) is 7.51. The second-order valence-corrected chi connectivity index (χ2v) is 5.80. The number of aliphatic hydroxyl groups excluding tert-OH is 1. The summed E-state index contributed by atoms with van der Waals surface area (Å²) in [4.78, 5) is 6.76. The highest BCUT2D eigenvalue weighted by molar-refractivity contribution is 5.74. The number of aliphatic hydroxyl groups is 1. The molecule has 0 atom stereocenters. The predicted octanol–water partition coefficient (Wildman–Crippen LogP) is 1.85. The van der Waals surface area contributed by atoms with Gasteiger partial charge >= 0.3 is 0 Å². The molecule has 1 fully saturated rings. The van der Waals surface area contributed by atoms with Crippen molar-refractivity contribution < 1.29 is 14.6 Å². The van der Waals surface area contributed by atoms with Crippen molar-refractivity contribution in [2.45, 2.75) is 6.92 Å². The Bertz CT molecular complexity index is 700. The summed E-state index contributed by atoms with van der Waals surface area (Å²) in [7, 11) is 0. The molecule has 1 saturated heterocycles. The number of nitrogens with two attached hydrogens (primary N) is 1. The third-order valence-corrected chi connectivity index (χ3v) is 4.04. The van der Waals surface area contributed by atoms with E-state index >= 15 is 0 Å². The van der Waals surface area contributed by atoms with Crippen LogP contribution >= 0.6 is 0 Å². The molecule has 1 aromatic heterocycles. The number of anilines is 2. The Morgan fingerprint density at radius 3 is 2.79 bits per heavy atom. The minimum Gasteiger partial charge on any atom is -0.475 e. The third-order valence-electron chi connectivity index (χ3n) is 4.04. The molecule has 6 nitrogen and oxygen atoms in total. The molecule has 3 rings (SSSR count). The fraction of sp³-hybridized carbons (Fsp3) is 0.389. The molecule has 0 unspecified atom stereocenters. The summed E-state index contributed by atoms with van der Waals surface area (Å²) >= 11 is 0. The number of hydrogen-bond donors (Lipinski definition) is 2. The zero-order chi connectivity index (χ0) is 16.9. The topological polar surface area (TPSA) is 80.8 Å². The van der Waals surface area contributed by atoms with Crippen LogP contribution in [-0.4, -0.2) is 49.6 Å². The summed E-state index contributed by atoms with van der Waals surface area (Å²) in [5.41, 5.74) is 9.87. The highest BCUT2D eigenvalue weighted by Crippen LogP contribution is 2.31. The van der Waals surface area contributed by atoms with E-state index in [1.165, 1.54) is 0 Å². The Morgan fingerprint density at radius 2 is 2.04 bits per heavy atom. The van der Waals surface area contributed by atoms with Crippen LogP contribution < -0.4 is 15.4 Å². The lowest BCUT2D eigenvalue weighted by Crippen LogP contribution is -2.36. The molecular formula is C18H23N3O3. The fourth-order valence-corrected chi connectivity index (χ4v) is 2.78. The van der Waals surface area contributed by atoms with Crippen LogP contribution in [0.3, 0.4) is 0 Å². The molecule has 2 heterocycles. The second-order valence-electron chi connectivity index (χ2n) is 5.80. The van der Waals surface area contributed by atoms with Gasteiger partial charge in [-0.3, -0.25) is 0 Å². The predicted molar refractivity (Wildman–Crippen MR) is 94.4 cm³/mol. The van der Waals surface area contributed by atoms with Gasteiger partial charge in [-0.2, -0.15) is 4.98 Å². The van der Waals surface area contributed by atoms with Gasteiger partial charge in [-0.1, -0.05) is 6.07 Å². The standard InChI is InChI=1S/C18H23N3O3/c1-13-2-3-15(19)12-16(13)14-10-17(21-4-7-23-8-5-21)20-18(11-14)24-9-6-22/h2-3,10-12,22H,4-9,19H2,1H3. The number of benzene rings is 1. The zero-order valence-corrected chi connectivity index (χ0v) is 13.9. The molecule has 1 aliphatic rings. The van der Waals surface area contributed by atoms with Gasteiger partial charge in [0, 0.05) is 24.8 Å². The van der Waals surface area contributed by atoms with E-state index in [0.29, 0.717) is 19.1 Å². The summed E-state index contributed by atoms with van der Waals surface area (Å²) < 4.78 is 11.0. The van der Waals surface area contributed by atoms with Gasteiger partial charge in [0.25, 0.3) is 0 Å². The molecule has 128 valence electrons. The number of rotatable bonds is 5.